The smallest absolute Gasteiger partial charge is 0.268 e. The van der Waals surface area contributed by atoms with Gasteiger partial charge in [0.15, 0.2) is 0 Å². The van der Waals surface area contributed by atoms with Crippen molar-refractivity contribution >= 4 is 5.82 Å². The van der Waals surface area contributed by atoms with Gasteiger partial charge in [0.25, 0.3) is 5.56 Å². The molecule has 0 bridgehead atoms. The number of benzene rings is 1. The topological polar surface area (TPSA) is 119 Å². The van der Waals surface area contributed by atoms with E-state index in [1.807, 2.05) is 12.1 Å². The Hall–Kier alpha value is -3.29. The van der Waals surface area contributed by atoms with E-state index in [4.69, 9.17) is 10.5 Å². The summed E-state index contributed by atoms with van der Waals surface area (Å²) in [6.07, 6.45) is 1.28. The van der Waals surface area contributed by atoms with Gasteiger partial charge in [0.2, 0.25) is 0 Å². The number of H-pyrrole nitrogens is 1. The van der Waals surface area contributed by atoms with Crippen molar-refractivity contribution in [3.05, 3.63) is 45.7 Å². The van der Waals surface area contributed by atoms with Crippen LogP contribution in [0.25, 0.3) is 11.1 Å². The lowest BCUT2D eigenvalue weighted by atomic mass is 9.92. The normalized spacial score (nSPS) is 19.3. The number of nitriles is 2. The van der Waals surface area contributed by atoms with Crippen molar-refractivity contribution in [3.63, 3.8) is 0 Å². The van der Waals surface area contributed by atoms with E-state index in [9.17, 15) is 15.3 Å². The number of nitrogen functional groups attached to an aromatic ring is 1. The number of likely N-dealkylation sites (tertiary alicyclic amines) is 1. The Morgan fingerprint density at radius 2 is 1.76 bits per heavy atom. The highest BCUT2D eigenvalue weighted by atomic mass is 16.5. The molecule has 2 heterocycles. The van der Waals surface area contributed by atoms with Gasteiger partial charge in [0.1, 0.15) is 41.4 Å². The summed E-state index contributed by atoms with van der Waals surface area (Å²) in [6, 6.07) is 10.9. The van der Waals surface area contributed by atoms with E-state index in [0.29, 0.717) is 29.8 Å². The number of nitrogens with two attached hydrogens (primary N) is 1. The van der Waals surface area contributed by atoms with Gasteiger partial charge in [-0.15, -0.1) is 0 Å². The van der Waals surface area contributed by atoms with E-state index in [1.54, 1.807) is 24.3 Å². The standard InChI is InChI=1S/C22H25N5O2/c1-14-9-15(2)13-27(12-14)7-8-29-17-5-3-16(4-6-17)20-18(10-23)21(25)26-22(28)19(20)11-24/h3-6,14-15H,7-9,12-13H2,1-2H3,(H3,25,26,28). The minimum atomic E-state index is -0.607. The molecule has 2 atom stereocenters. The third-order valence-corrected chi connectivity index (χ3v) is 5.23. The van der Waals surface area contributed by atoms with Gasteiger partial charge in [0, 0.05) is 25.2 Å². The van der Waals surface area contributed by atoms with Crippen LogP contribution in [-0.2, 0) is 0 Å². The van der Waals surface area contributed by atoms with E-state index in [0.717, 1.165) is 19.6 Å². The summed E-state index contributed by atoms with van der Waals surface area (Å²) >= 11 is 0. The molecule has 7 heteroatoms. The number of rotatable bonds is 5. The first-order valence-corrected chi connectivity index (χ1v) is 9.74. The maximum atomic E-state index is 12.0. The number of hydrogen-bond acceptors (Lipinski definition) is 6. The van der Waals surface area contributed by atoms with Crippen LogP contribution in [0.1, 0.15) is 31.4 Å². The molecular formula is C22H25N5O2. The van der Waals surface area contributed by atoms with Gasteiger partial charge in [0.05, 0.1) is 0 Å². The minimum Gasteiger partial charge on any atom is -0.492 e. The summed E-state index contributed by atoms with van der Waals surface area (Å²) in [5.74, 6) is 2.07. The number of aromatic amines is 1. The zero-order chi connectivity index (χ0) is 21.0. The summed E-state index contributed by atoms with van der Waals surface area (Å²) in [5.41, 5.74) is 5.94. The molecule has 1 aromatic carbocycles. The van der Waals surface area contributed by atoms with Crippen LogP contribution in [0.4, 0.5) is 5.82 Å². The summed E-state index contributed by atoms with van der Waals surface area (Å²) < 4.78 is 5.87. The molecule has 0 spiro atoms. The van der Waals surface area contributed by atoms with Crippen molar-refractivity contribution in [2.45, 2.75) is 20.3 Å². The third-order valence-electron chi connectivity index (χ3n) is 5.23. The average molecular weight is 391 g/mol. The molecule has 0 saturated carbocycles. The van der Waals surface area contributed by atoms with Crippen molar-refractivity contribution in [3.8, 4) is 29.0 Å². The number of nitrogens with one attached hydrogen (secondary N) is 1. The second-order valence-electron chi connectivity index (χ2n) is 7.79. The van der Waals surface area contributed by atoms with Crippen molar-refractivity contribution in [1.29, 1.82) is 10.5 Å². The van der Waals surface area contributed by atoms with Gasteiger partial charge in [-0.3, -0.25) is 9.69 Å². The lowest BCUT2D eigenvalue weighted by Gasteiger charge is -2.34. The molecule has 29 heavy (non-hydrogen) atoms. The molecule has 7 nitrogen and oxygen atoms in total. The van der Waals surface area contributed by atoms with E-state index < -0.39 is 5.56 Å². The Morgan fingerprint density at radius 3 is 2.34 bits per heavy atom. The van der Waals surface area contributed by atoms with E-state index in [-0.39, 0.29) is 22.5 Å². The van der Waals surface area contributed by atoms with E-state index >= 15 is 0 Å². The Bertz CT molecular complexity index is 1000. The largest absolute Gasteiger partial charge is 0.492 e. The Balaban J connectivity index is 1.72. The summed E-state index contributed by atoms with van der Waals surface area (Å²) in [6.45, 7) is 8.24. The first kappa shape index (κ1) is 20.4. The number of ether oxygens (including phenoxy) is 1. The molecule has 150 valence electrons. The van der Waals surface area contributed by atoms with Gasteiger partial charge in [-0.05, 0) is 36.0 Å². The van der Waals surface area contributed by atoms with Crippen LogP contribution in [0.2, 0.25) is 0 Å². The fourth-order valence-corrected chi connectivity index (χ4v) is 4.12. The zero-order valence-corrected chi connectivity index (χ0v) is 16.7. The highest BCUT2D eigenvalue weighted by Crippen LogP contribution is 2.29. The number of pyridine rings is 1. The van der Waals surface area contributed by atoms with Gasteiger partial charge < -0.3 is 15.5 Å². The molecule has 1 aliphatic rings. The molecule has 1 aromatic heterocycles. The number of anilines is 1. The van der Waals surface area contributed by atoms with Crippen LogP contribution in [0.15, 0.2) is 29.1 Å². The molecule has 0 radical (unpaired) electrons. The van der Waals surface area contributed by atoms with E-state index in [1.165, 1.54) is 6.42 Å². The van der Waals surface area contributed by atoms with Gasteiger partial charge >= 0.3 is 0 Å². The number of nitrogens with zero attached hydrogens (tertiary/aromatic N) is 3. The molecule has 1 aliphatic heterocycles. The fourth-order valence-electron chi connectivity index (χ4n) is 4.12. The fraction of sp³-hybridized carbons (Fsp3) is 0.409. The van der Waals surface area contributed by atoms with Crippen molar-refractivity contribution in [2.75, 3.05) is 32.0 Å². The van der Waals surface area contributed by atoms with Gasteiger partial charge in [-0.1, -0.05) is 26.0 Å². The van der Waals surface area contributed by atoms with Crippen molar-refractivity contribution in [2.24, 2.45) is 11.8 Å². The molecule has 2 unspecified atom stereocenters. The van der Waals surface area contributed by atoms with Gasteiger partial charge in [-0.2, -0.15) is 10.5 Å². The number of aromatic nitrogens is 1. The van der Waals surface area contributed by atoms with Crippen LogP contribution >= 0.6 is 0 Å². The lowest BCUT2D eigenvalue weighted by molar-refractivity contribution is 0.120. The van der Waals surface area contributed by atoms with Crippen molar-refractivity contribution < 1.29 is 4.74 Å². The van der Waals surface area contributed by atoms with Crippen LogP contribution in [0.3, 0.4) is 0 Å². The minimum absolute atomic E-state index is 0.0446. The quantitative estimate of drug-likeness (QED) is 0.809. The Kier molecular flexibility index (Phi) is 6.21. The maximum absolute atomic E-state index is 12.0. The highest BCUT2D eigenvalue weighted by molar-refractivity contribution is 5.80. The molecular weight excluding hydrogens is 366 g/mol. The highest BCUT2D eigenvalue weighted by Gasteiger charge is 2.21. The second-order valence-corrected chi connectivity index (χ2v) is 7.79. The van der Waals surface area contributed by atoms with Crippen LogP contribution in [0, 0.1) is 34.5 Å². The second kappa shape index (κ2) is 8.81. The number of hydrogen-bond donors (Lipinski definition) is 2. The maximum Gasteiger partial charge on any atom is 0.268 e. The van der Waals surface area contributed by atoms with Gasteiger partial charge in [-0.25, -0.2) is 0 Å². The SMILES string of the molecule is CC1CC(C)CN(CCOc2ccc(-c3c(C#N)c(N)[nH]c(=O)c3C#N)cc2)C1. The monoisotopic (exact) mass is 391 g/mol. The Morgan fingerprint density at radius 1 is 1.14 bits per heavy atom. The zero-order valence-electron chi connectivity index (χ0n) is 16.7. The first-order valence-electron chi connectivity index (χ1n) is 9.74. The predicted octanol–water partition coefficient (Wildman–Crippen LogP) is 2.72. The van der Waals surface area contributed by atoms with Crippen LogP contribution in [0.5, 0.6) is 5.75 Å². The molecule has 0 amide bonds. The van der Waals surface area contributed by atoms with E-state index in [2.05, 4.69) is 23.7 Å². The molecule has 3 N–H and O–H groups in total. The molecule has 1 fully saturated rings. The average Bonchev–Trinajstić information content (AvgIpc) is 2.67. The third kappa shape index (κ3) is 4.59. The van der Waals surface area contributed by atoms with Crippen LogP contribution < -0.4 is 16.0 Å². The number of piperidine rings is 1. The molecule has 0 aliphatic carbocycles. The summed E-state index contributed by atoms with van der Waals surface area (Å²) in [4.78, 5) is 16.8. The summed E-state index contributed by atoms with van der Waals surface area (Å²) in [7, 11) is 0. The van der Waals surface area contributed by atoms with Crippen LogP contribution in [-0.4, -0.2) is 36.1 Å². The molecule has 1 saturated heterocycles. The Labute approximate surface area is 170 Å². The molecule has 2 aromatic rings. The molecule has 3 rings (SSSR count). The van der Waals surface area contributed by atoms with Crippen molar-refractivity contribution in [1.82, 2.24) is 9.88 Å². The first-order chi connectivity index (χ1) is 13.9. The lowest BCUT2D eigenvalue weighted by Crippen LogP contribution is -2.40. The summed E-state index contributed by atoms with van der Waals surface area (Å²) in [5, 5.41) is 18.8. The predicted molar refractivity (Wildman–Crippen MR) is 111 cm³/mol.